The minimum atomic E-state index is -0.816. The van der Waals surface area contributed by atoms with Crippen LogP contribution in [0.4, 0.5) is 0 Å². The van der Waals surface area contributed by atoms with Gasteiger partial charge < -0.3 is 41.7 Å². The highest BCUT2D eigenvalue weighted by Gasteiger charge is 2.47. The summed E-state index contributed by atoms with van der Waals surface area (Å²) in [5, 5.41) is 14.0. The van der Waals surface area contributed by atoms with E-state index in [2.05, 4.69) is 19.4 Å². The highest BCUT2D eigenvalue weighted by Crippen LogP contribution is 2.43. The minimum Gasteiger partial charge on any atom is -1.00 e. The maximum absolute atomic E-state index is 14.5. The molecule has 3 saturated heterocycles. The van der Waals surface area contributed by atoms with Crippen molar-refractivity contribution in [3.63, 3.8) is 0 Å². The second kappa shape index (κ2) is 14.7. The summed E-state index contributed by atoms with van der Waals surface area (Å²) in [7, 11) is 4.43. The van der Waals surface area contributed by atoms with Crippen LogP contribution in [0.1, 0.15) is 48.8 Å². The van der Waals surface area contributed by atoms with Crippen LogP contribution in [0, 0.1) is 5.92 Å². The van der Waals surface area contributed by atoms with Crippen LogP contribution in [0.3, 0.4) is 0 Å². The fourth-order valence-electron chi connectivity index (χ4n) is 8.06. The largest absolute Gasteiger partial charge is 1.00 e. The number of likely N-dealkylation sites (tertiary alicyclic amines) is 3. The molecule has 9 heteroatoms. The highest BCUT2D eigenvalue weighted by molar-refractivity contribution is 5.93. The third kappa shape index (κ3) is 7.32. The van der Waals surface area contributed by atoms with E-state index in [0.717, 1.165) is 47.1 Å². The van der Waals surface area contributed by atoms with Crippen molar-refractivity contribution in [2.24, 2.45) is 5.92 Å². The number of hydrogen-bond donors (Lipinski definition) is 2. The second-order valence-corrected chi connectivity index (χ2v) is 14.1. The molecule has 0 aliphatic carbocycles. The molecular formula is C38H47BrN4O4. The summed E-state index contributed by atoms with van der Waals surface area (Å²) < 4.78 is 0.961. The van der Waals surface area contributed by atoms with Crippen molar-refractivity contribution in [3.05, 3.63) is 108 Å². The molecule has 0 saturated carbocycles. The fourth-order valence-corrected chi connectivity index (χ4v) is 8.06. The van der Waals surface area contributed by atoms with E-state index in [9.17, 15) is 19.5 Å². The van der Waals surface area contributed by atoms with Crippen LogP contribution in [0.25, 0.3) is 0 Å². The lowest BCUT2D eigenvalue weighted by Crippen LogP contribution is -3.00. The van der Waals surface area contributed by atoms with Gasteiger partial charge in [0.25, 0.3) is 0 Å². The first kappa shape index (κ1) is 34.8. The molecule has 1 unspecified atom stereocenters. The zero-order chi connectivity index (χ0) is 32.3. The number of nitrogens with one attached hydrogen (secondary N) is 1. The van der Waals surface area contributed by atoms with Crippen molar-refractivity contribution in [2.75, 3.05) is 46.8 Å². The number of benzene rings is 3. The second-order valence-electron chi connectivity index (χ2n) is 14.1. The van der Waals surface area contributed by atoms with E-state index in [0.29, 0.717) is 25.4 Å². The van der Waals surface area contributed by atoms with E-state index in [1.54, 1.807) is 9.80 Å². The van der Waals surface area contributed by atoms with E-state index in [-0.39, 0.29) is 54.1 Å². The van der Waals surface area contributed by atoms with Gasteiger partial charge in [-0.1, -0.05) is 91.0 Å². The summed E-state index contributed by atoms with van der Waals surface area (Å²) in [6.07, 6.45) is 1.86. The number of quaternary nitrogens is 1. The topological polar surface area (TPSA) is 89.9 Å². The van der Waals surface area contributed by atoms with Gasteiger partial charge in [-0.3, -0.25) is 14.4 Å². The average molecular weight is 704 g/mol. The fraction of sp³-hybridized carbons (Fsp3) is 0.447. The number of aliphatic hydroxyl groups excluding tert-OH is 1. The van der Waals surface area contributed by atoms with E-state index >= 15 is 0 Å². The zero-order valence-electron chi connectivity index (χ0n) is 27.4. The first-order valence-corrected chi connectivity index (χ1v) is 16.7. The number of rotatable bonds is 9. The Morgan fingerprint density at radius 1 is 0.830 bits per heavy atom. The molecular weight excluding hydrogens is 656 g/mol. The number of hydrogen-bond acceptors (Lipinski definition) is 4. The molecule has 3 heterocycles. The molecule has 2 N–H and O–H groups in total. The standard InChI is InChI=1S/C38H46N4O4.BrH/c1-42(2)22-20-28(27-42)25-39-36(45)33-19-12-21-40(33)37(46)34-23-32(43)26-41(34)35(44)24-38(29-13-6-3-7-14-29,30-15-8-4-9-16-30)31-17-10-5-11-18-31;/h3-11,13-18,28,32-34,43H,12,19-27H2,1-2H3;1H/t28?,32-,33-,34+;/m1./s1. The highest BCUT2D eigenvalue weighted by atomic mass is 79.9. The number of amides is 3. The van der Waals surface area contributed by atoms with Crippen LogP contribution in [-0.4, -0.2) is 102 Å². The summed E-state index contributed by atoms with van der Waals surface area (Å²) in [6, 6.07) is 28.7. The third-order valence-electron chi connectivity index (χ3n) is 10.4. The monoisotopic (exact) mass is 702 g/mol. The molecule has 3 aromatic rings. The van der Waals surface area contributed by atoms with Crippen LogP contribution >= 0.6 is 0 Å². The van der Waals surface area contributed by atoms with Crippen molar-refractivity contribution >= 4 is 17.7 Å². The Bertz CT molecular complexity index is 1420. The maximum Gasteiger partial charge on any atom is 0.246 e. The van der Waals surface area contributed by atoms with Crippen molar-refractivity contribution in [2.45, 2.75) is 55.7 Å². The Balaban J connectivity index is 0.00000433. The maximum atomic E-state index is 14.5. The third-order valence-corrected chi connectivity index (χ3v) is 10.4. The Labute approximate surface area is 289 Å². The van der Waals surface area contributed by atoms with Gasteiger partial charge >= 0.3 is 0 Å². The molecule has 250 valence electrons. The van der Waals surface area contributed by atoms with Crippen molar-refractivity contribution in [3.8, 4) is 0 Å². The first-order valence-electron chi connectivity index (χ1n) is 16.7. The van der Waals surface area contributed by atoms with Crippen molar-refractivity contribution in [1.82, 2.24) is 15.1 Å². The van der Waals surface area contributed by atoms with Gasteiger partial charge in [0.15, 0.2) is 0 Å². The predicted molar refractivity (Wildman–Crippen MR) is 178 cm³/mol. The molecule has 0 spiro atoms. The molecule has 0 aromatic heterocycles. The van der Waals surface area contributed by atoms with Crippen LogP contribution in [0.5, 0.6) is 0 Å². The van der Waals surface area contributed by atoms with Gasteiger partial charge in [-0.2, -0.15) is 0 Å². The van der Waals surface area contributed by atoms with E-state index < -0.39 is 23.6 Å². The lowest BCUT2D eigenvalue weighted by Gasteiger charge is -2.38. The molecule has 8 nitrogen and oxygen atoms in total. The van der Waals surface area contributed by atoms with Crippen molar-refractivity contribution in [1.29, 1.82) is 0 Å². The number of nitrogens with zero attached hydrogens (tertiary/aromatic N) is 3. The summed E-state index contributed by atoms with van der Waals surface area (Å²) in [5.74, 6) is -0.128. The molecule has 3 fully saturated rings. The van der Waals surface area contributed by atoms with Crippen LogP contribution < -0.4 is 22.3 Å². The molecule has 47 heavy (non-hydrogen) atoms. The van der Waals surface area contributed by atoms with Crippen LogP contribution in [0.2, 0.25) is 0 Å². The average Bonchev–Trinajstić information content (AvgIpc) is 3.81. The Morgan fingerprint density at radius 3 is 1.89 bits per heavy atom. The molecule has 3 aromatic carbocycles. The molecule has 0 radical (unpaired) electrons. The van der Waals surface area contributed by atoms with E-state index in [4.69, 9.17) is 0 Å². The normalized spacial score (nSPS) is 23.7. The number of carbonyl (C=O) groups is 3. The van der Waals surface area contributed by atoms with Gasteiger partial charge in [0.2, 0.25) is 17.7 Å². The van der Waals surface area contributed by atoms with Gasteiger partial charge in [-0.05, 0) is 29.5 Å². The van der Waals surface area contributed by atoms with Gasteiger partial charge in [-0.25, -0.2) is 0 Å². The van der Waals surface area contributed by atoms with Gasteiger partial charge in [-0.15, -0.1) is 0 Å². The molecule has 6 rings (SSSR count). The van der Waals surface area contributed by atoms with Crippen LogP contribution in [-0.2, 0) is 19.8 Å². The number of carbonyl (C=O) groups excluding carboxylic acids is 3. The van der Waals surface area contributed by atoms with E-state index in [1.807, 2.05) is 91.0 Å². The molecule has 3 aliphatic rings. The Hall–Kier alpha value is -3.53. The SMILES string of the molecule is C[N+]1(C)CCC(CNC(=O)[C@H]2CCCN2C(=O)[C@@H]2C[C@@H](O)CN2C(=O)CC(c2ccccc2)(c2ccccc2)c2ccccc2)C1.[Br-]. The van der Waals surface area contributed by atoms with Gasteiger partial charge in [0, 0.05) is 44.8 Å². The summed E-state index contributed by atoms with van der Waals surface area (Å²) in [5.41, 5.74) is 2.11. The number of aliphatic hydroxyl groups is 1. The quantitative estimate of drug-likeness (QED) is 0.252. The van der Waals surface area contributed by atoms with E-state index in [1.165, 1.54) is 0 Å². The van der Waals surface area contributed by atoms with Crippen molar-refractivity contribution < 1.29 is 41.0 Å². The van der Waals surface area contributed by atoms with Gasteiger partial charge in [0.05, 0.1) is 38.7 Å². The summed E-state index contributed by atoms with van der Waals surface area (Å²) >= 11 is 0. The zero-order valence-corrected chi connectivity index (χ0v) is 29.0. The van der Waals surface area contributed by atoms with Crippen LogP contribution in [0.15, 0.2) is 91.0 Å². The molecule has 3 amide bonds. The lowest BCUT2D eigenvalue weighted by molar-refractivity contribution is -0.879. The summed E-state index contributed by atoms with van der Waals surface area (Å²) in [4.78, 5) is 45.3. The van der Waals surface area contributed by atoms with Gasteiger partial charge in [0.1, 0.15) is 12.1 Å². The molecule has 0 bridgehead atoms. The summed E-state index contributed by atoms with van der Waals surface area (Å²) in [6.45, 7) is 3.31. The molecule has 3 aliphatic heterocycles. The lowest BCUT2D eigenvalue weighted by atomic mass is 9.67. The molecule has 4 atom stereocenters. The first-order chi connectivity index (χ1) is 22.2. The predicted octanol–water partition coefficient (Wildman–Crippen LogP) is 0.580. The Kier molecular flexibility index (Phi) is 10.9. The number of β-amino-alcohol motifs (C(OH)–C–C–N with tert-alkyl or cyclic N) is 1. The minimum absolute atomic E-state index is 0. The number of halogens is 1. The Morgan fingerprint density at radius 2 is 1.38 bits per heavy atom. The smallest absolute Gasteiger partial charge is 0.246 e.